The van der Waals surface area contributed by atoms with Crippen molar-refractivity contribution in [3.05, 3.63) is 64.3 Å². The van der Waals surface area contributed by atoms with E-state index in [9.17, 15) is 14.4 Å². The van der Waals surface area contributed by atoms with Crippen LogP contribution in [0.15, 0.2) is 51.7 Å². The third kappa shape index (κ3) is 3.37. The number of hydrogen-bond acceptors (Lipinski definition) is 6. The van der Waals surface area contributed by atoms with Crippen LogP contribution in [0.1, 0.15) is 41.4 Å². The van der Waals surface area contributed by atoms with Gasteiger partial charge in [-0.25, -0.2) is 9.59 Å². The van der Waals surface area contributed by atoms with Gasteiger partial charge in [0, 0.05) is 29.2 Å². The Morgan fingerprint density at radius 2 is 1.91 bits per heavy atom. The Balaban J connectivity index is 1.39. The second kappa shape index (κ2) is 7.71. The predicted octanol–water partition coefficient (Wildman–Crippen LogP) is 3.97. The number of fused-ring (bicyclic) bond motifs is 2. The van der Waals surface area contributed by atoms with Crippen LogP contribution in [-0.2, 0) is 16.1 Å². The highest BCUT2D eigenvalue weighted by molar-refractivity contribution is 6.06. The Morgan fingerprint density at radius 1 is 1.12 bits per heavy atom. The Morgan fingerprint density at radius 3 is 2.66 bits per heavy atom. The van der Waals surface area contributed by atoms with Crippen LogP contribution >= 0.6 is 0 Å². The molecule has 0 atom stereocenters. The van der Waals surface area contributed by atoms with Crippen LogP contribution in [0.5, 0.6) is 5.75 Å². The molecule has 0 spiro atoms. The number of carbonyl (C=O) groups is 2. The molecular weight excluding hydrogens is 412 g/mol. The average Bonchev–Trinajstić information content (AvgIpc) is 3.50. The number of aromatic nitrogens is 2. The van der Waals surface area contributed by atoms with Crippen LogP contribution in [0, 0.1) is 6.92 Å². The van der Waals surface area contributed by atoms with Gasteiger partial charge in [0.25, 0.3) is 0 Å². The lowest BCUT2D eigenvalue weighted by atomic mass is 10.1. The first-order valence-electron chi connectivity index (χ1n) is 10.5. The number of nitrogens with zero attached hydrogens (tertiary/aromatic N) is 2. The summed E-state index contributed by atoms with van der Waals surface area (Å²) in [5, 5.41) is 0.698. The molecule has 4 aromatic rings. The largest absolute Gasteiger partial charge is 0.465 e. The number of oxazole rings is 1. The van der Waals surface area contributed by atoms with E-state index in [1.807, 2.05) is 13.0 Å². The number of para-hydroxylation sites is 2. The molecular formula is C24H22N2O6. The van der Waals surface area contributed by atoms with Crippen molar-refractivity contribution in [1.29, 1.82) is 0 Å². The number of benzene rings is 2. The van der Waals surface area contributed by atoms with E-state index < -0.39 is 17.7 Å². The molecule has 32 heavy (non-hydrogen) atoms. The smallest absolute Gasteiger partial charge is 0.419 e. The number of rotatable bonds is 6. The zero-order valence-electron chi connectivity index (χ0n) is 17.8. The Hall–Kier alpha value is -3.81. The zero-order chi connectivity index (χ0) is 22.4. The van der Waals surface area contributed by atoms with Crippen LogP contribution in [0.2, 0.25) is 0 Å². The fraction of sp³-hybridized carbons (Fsp3) is 0.292. The van der Waals surface area contributed by atoms with Crippen molar-refractivity contribution in [1.82, 2.24) is 9.13 Å². The van der Waals surface area contributed by atoms with E-state index in [-0.39, 0.29) is 13.0 Å². The summed E-state index contributed by atoms with van der Waals surface area (Å²) in [7, 11) is 1.35. The van der Waals surface area contributed by atoms with Gasteiger partial charge in [0.05, 0.1) is 24.6 Å². The predicted molar refractivity (Wildman–Crippen MR) is 117 cm³/mol. The Kier molecular flexibility index (Phi) is 4.84. The fourth-order valence-corrected chi connectivity index (χ4v) is 4.26. The summed E-state index contributed by atoms with van der Waals surface area (Å²) in [6.45, 7) is 2.05. The van der Waals surface area contributed by atoms with Crippen LogP contribution in [0.25, 0.3) is 22.0 Å². The van der Waals surface area contributed by atoms with E-state index in [1.165, 1.54) is 11.7 Å². The van der Waals surface area contributed by atoms with E-state index in [0.29, 0.717) is 33.8 Å². The number of ether oxygens (including phenoxy) is 2. The molecule has 0 N–H and O–H groups in total. The maximum Gasteiger partial charge on any atom is 0.419 e. The fourth-order valence-electron chi connectivity index (χ4n) is 4.26. The molecule has 2 aromatic heterocycles. The molecule has 8 nitrogen and oxygen atoms in total. The molecule has 0 bridgehead atoms. The van der Waals surface area contributed by atoms with Crippen molar-refractivity contribution >= 4 is 33.9 Å². The standard InChI is InChI=1S/C24H22N2O6/c1-14-22(23(28)30-2)17-13-16(9-10-18(17)26(14)15-7-8-15)31-21(27)11-12-25-19-5-3-4-6-20(19)32-24(25)29/h3-6,9-10,13,15H,7-8,11-12H2,1-2H3. The summed E-state index contributed by atoms with van der Waals surface area (Å²) in [6, 6.07) is 12.7. The number of aryl methyl sites for hydroxylation is 1. The normalized spacial score (nSPS) is 13.6. The summed E-state index contributed by atoms with van der Waals surface area (Å²) >= 11 is 0. The van der Waals surface area contributed by atoms with Gasteiger partial charge in [-0.3, -0.25) is 9.36 Å². The topological polar surface area (TPSA) is 92.7 Å². The van der Waals surface area contributed by atoms with Gasteiger partial charge in [0.2, 0.25) is 0 Å². The SMILES string of the molecule is COC(=O)c1c(C)n(C2CC2)c2ccc(OC(=O)CCn3c(=O)oc4ccccc43)cc12. The first-order valence-corrected chi connectivity index (χ1v) is 10.5. The molecule has 0 aliphatic heterocycles. The van der Waals surface area contributed by atoms with E-state index in [2.05, 4.69) is 4.57 Å². The van der Waals surface area contributed by atoms with Crippen molar-refractivity contribution in [2.24, 2.45) is 0 Å². The van der Waals surface area contributed by atoms with Crippen LogP contribution in [0.3, 0.4) is 0 Å². The van der Waals surface area contributed by atoms with Crippen LogP contribution in [0.4, 0.5) is 0 Å². The molecule has 2 heterocycles. The molecule has 1 fully saturated rings. The van der Waals surface area contributed by atoms with Gasteiger partial charge < -0.3 is 18.5 Å². The summed E-state index contributed by atoms with van der Waals surface area (Å²) in [6.07, 6.45) is 2.14. The molecule has 2 aromatic carbocycles. The Labute approximate surface area is 182 Å². The number of hydrogen-bond donors (Lipinski definition) is 0. The third-order valence-corrected chi connectivity index (χ3v) is 5.87. The molecule has 164 valence electrons. The van der Waals surface area contributed by atoms with Crippen molar-refractivity contribution in [3.63, 3.8) is 0 Å². The van der Waals surface area contributed by atoms with Gasteiger partial charge in [-0.2, -0.15) is 0 Å². The minimum atomic E-state index is -0.514. The average molecular weight is 434 g/mol. The molecule has 1 aliphatic carbocycles. The first kappa shape index (κ1) is 20.1. The molecule has 5 rings (SSSR count). The summed E-state index contributed by atoms with van der Waals surface area (Å²) in [5.41, 5.74) is 3.36. The van der Waals surface area contributed by atoms with Gasteiger partial charge in [-0.1, -0.05) is 12.1 Å². The van der Waals surface area contributed by atoms with Gasteiger partial charge >= 0.3 is 17.7 Å². The molecule has 0 saturated heterocycles. The molecule has 1 saturated carbocycles. The molecule has 8 heteroatoms. The van der Waals surface area contributed by atoms with Gasteiger partial charge in [-0.15, -0.1) is 0 Å². The quantitative estimate of drug-likeness (QED) is 0.337. The lowest BCUT2D eigenvalue weighted by Gasteiger charge is -2.07. The summed E-state index contributed by atoms with van der Waals surface area (Å²) in [4.78, 5) is 37.0. The maximum atomic E-state index is 12.5. The lowest BCUT2D eigenvalue weighted by molar-refractivity contribution is -0.134. The second-order valence-electron chi connectivity index (χ2n) is 7.94. The third-order valence-electron chi connectivity index (χ3n) is 5.87. The van der Waals surface area contributed by atoms with Gasteiger partial charge in [0.1, 0.15) is 5.75 Å². The van der Waals surface area contributed by atoms with Crippen molar-refractivity contribution < 1.29 is 23.5 Å². The molecule has 0 unspecified atom stereocenters. The highest BCUT2D eigenvalue weighted by Crippen LogP contribution is 2.42. The van der Waals surface area contributed by atoms with Crippen molar-refractivity contribution in [2.45, 2.75) is 38.8 Å². The van der Waals surface area contributed by atoms with Gasteiger partial charge in [-0.05, 0) is 50.1 Å². The lowest BCUT2D eigenvalue weighted by Crippen LogP contribution is -2.18. The van der Waals surface area contributed by atoms with E-state index in [0.717, 1.165) is 24.1 Å². The minimum absolute atomic E-state index is 0.00650. The molecule has 1 aliphatic rings. The van der Waals surface area contributed by atoms with Crippen molar-refractivity contribution in [3.8, 4) is 5.75 Å². The number of methoxy groups -OCH3 is 1. The van der Waals surface area contributed by atoms with Crippen LogP contribution in [-0.4, -0.2) is 28.2 Å². The van der Waals surface area contributed by atoms with Gasteiger partial charge in [0.15, 0.2) is 5.58 Å². The number of carbonyl (C=O) groups excluding carboxylic acids is 2. The summed E-state index contributed by atoms with van der Waals surface area (Å²) in [5.74, 6) is -1.08. The Bertz CT molecular complexity index is 1420. The monoisotopic (exact) mass is 434 g/mol. The highest BCUT2D eigenvalue weighted by Gasteiger charge is 2.30. The van der Waals surface area contributed by atoms with E-state index >= 15 is 0 Å². The second-order valence-corrected chi connectivity index (χ2v) is 7.94. The zero-order valence-corrected chi connectivity index (χ0v) is 17.8. The number of esters is 2. The van der Waals surface area contributed by atoms with Crippen LogP contribution < -0.4 is 10.5 Å². The molecule has 0 radical (unpaired) electrons. The molecule has 0 amide bonds. The minimum Gasteiger partial charge on any atom is -0.465 e. The highest BCUT2D eigenvalue weighted by atomic mass is 16.5. The van der Waals surface area contributed by atoms with Crippen molar-refractivity contribution in [2.75, 3.05) is 7.11 Å². The maximum absolute atomic E-state index is 12.5. The van der Waals surface area contributed by atoms with E-state index in [4.69, 9.17) is 13.9 Å². The van der Waals surface area contributed by atoms with E-state index in [1.54, 1.807) is 36.4 Å². The summed E-state index contributed by atoms with van der Waals surface area (Å²) < 4.78 is 19.3. The first-order chi connectivity index (χ1) is 15.5.